The van der Waals surface area contributed by atoms with Gasteiger partial charge in [-0.05, 0) is 17.2 Å². The molecule has 0 unspecified atom stereocenters. The highest BCUT2D eigenvalue weighted by molar-refractivity contribution is 6.88. The van der Waals surface area contributed by atoms with Gasteiger partial charge in [-0.2, -0.15) is 0 Å². The zero-order valence-corrected chi connectivity index (χ0v) is 17.5. The number of carbonyl (C=O) groups is 1. The van der Waals surface area contributed by atoms with Crippen molar-refractivity contribution in [3.8, 4) is 0 Å². The first-order chi connectivity index (χ1) is 12.9. The van der Waals surface area contributed by atoms with Gasteiger partial charge in [0.15, 0.2) is 0 Å². The van der Waals surface area contributed by atoms with Crippen molar-refractivity contribution in [1.29, 1.82) is 0 Å². The van der Waals surface area contributed by atoms with E-state index in [-0.39, 0.29) is 5.91 Å². The lowest BCUT2D eigenvalue weighted by Crippen LogP contribution is -2.37. The van der Waals surface area contributed by atoms with Gasteiger partial charge in [0.25, 0.3) is 0 Å². The van der Waals surface area contributed by atoms with Crippen molar-refractivity contribution in [2.24, 2.45) is 0 Å². The fourth-order valence-electron chi connectivity index (χ4n) is 3.07. The Morgan fingerprint density at radius 3 is 2.33 bits per heavy atom. The molecule has 0 bridgehead atoms. The Kier molecular flexibility index (Phi) is 6.29. The molecule has 0 radical (unpaired) electrons. The van der Waals surface area contributed by atoms with Gasteiger partial charge in [0, 0.05) is 25.8 Å². The number of nitrogens with one attached hydrogen (secondary N) is 1. The summed E-state index contributed by atoms with van der Waals surface area (Å²) in [5, 5.41) is 4.40. The Bertz CT molecular complexity index is 748. The number of morpholine rings is 1. The molecule has 1 saturated heterocycles. The molecule has 0 spiro atoms. The largest absolute Gasteiger partial charge is 0.378 e. The van der Waals surface area contributed by atoms with Gasteiger partial charge in [0.1, 0.15) is 5.82 Å². The molecule has 1 aliphatic rings. The summed E-state index contributed by atoms with van der Waals surface area (Å²) in [7, 11) is -1.29. The van der Waals surface area contributed by atoms with Gasteiger partial charge in [-0.1, -0.05) is 55.2 Å². The van der Waals surface area contributed by atoms with Crippen LogP contribution in [0.25, 0.3) is 0 Å². The maximum absolute atomic E-state index is 12.2. The third-order valence-corrected chi connectivity index (χ3v) is 6.88. The molecule has 2 heterocycles. The molecule has 144 valence electrons. The molecular formula is C21H29N3O2Si. The summed E-state index contributed by atoms with van der Waals surface area (Å²) in [6, 6.07) is 12.5. The van der Waals surface area contributed by atoms with E-state index in [0.717, 1.165) is 43.2 Å². The van der Waals surface area contributed by atoms with Crippen LogP contribution in [-0.2, 0) is 22.5 Å². The van der Waals surface area contributed by atoms with E-state index in [1.807, 2.05) is 18.3 Å². The maximum Gasteiger partial charge on any atom is 0.224 e. The van der Waals surface area contributed by atoms with E-state index in [9.17, 15) is 4.79 Å². The Labute approximate surface area is 162 Å². The predicted molar refractivity (Wildman–Crippen MR) is 112 cm³/mol. The number of aromatic nitrogens is 1. The molecule has 3 rings (SSSR count). The van der Waals surface area contributed by atoms with E-state index in [4.69, 9.17) is 4.74 Å². The van der Waals surface area contributed by atoms with Gasteiger partial charge in [-0.15, -0.1) is 0 Å². The fourth-order valence-corrected chi connectivity index (χ4v) is 4.24. The molecule has 1 aliphatic heterocycles. The van der Waals surface area contributed by atoms with Gasteiger partial charge in [0.05, 0.1) is 27.7 Å². The number of rotatable bonds is 6. The number of nitrogens with zero attached hydrogens (tertiary/aromatic N) is 2. The smallest absolute Gasteiger partial charge is 0.224 e. The molecule has 1 amide bonds. The van der Waals surface area contributed by atoms with Crippen LogP contribution in [0.4, 0.5) is 5.82 Å². The molecule has 0 saturated carbocycles. The number of hydrogen-bond donors (Lipinski definition) is 1. The molecule has 0 atom stereocenters. The molecule has 6 heteroatoms. The van der Waals surface area contributed by atoms with Gasteiger partial charge >= 0.3 is 0 Å². The number of pyridine rings is 1. The minimum absolute atomic E-state index is 0.0352. The summed E-state index contributed by atoms with van der Waals surface area (Å²) < 4.78 is 5.37. The first kappa shape index (κ1) is 19.6. The first-order valence-electron chi connectivity index (χ1n) is 9.55. The van der Waals surface area contributed by atoms with Crippen LogP contribution in [0.2, 0.25) is 19.6 Å². The Balaban J connectivity index is 1.48. The van der Waals surface area contributed by atoms with Gasteiger partial charge < -0.3 is 15.0 Å². The number of anilines is 1. The van der Waals surface area contributed by atoms with Crippen LogP contribution in [0.1, 0.15) is 11.1 Å². The Morgan fingerprint density at radius 1 is 1.07 bits per heavy atom. The van der Waals surface area contributed by atoms with E-state index in [1.165, 1.54) is 5.19 Å². The molecule has 1 aromatic carbocycles. The molecule has 2 aromatic rings. The summed E-state index contributed by atoms with van der Waals surface area (Å²) >= 11 is 0. The highest BCUT2D eigenvalue weighted by Crippen LogP contribution is 2.13. The monoisotopic (exact) mass is 383 g/mol. The molecule has 27 heavy (non-hydrogen) atoms. The quantitative estimate of drug-likeness (QED) is 0.778. The van der Waals surface area contributed by atoms with Crippen LogP contribution < -0.4 is 15.4 Å². The lowest BCUT2D eigenvalue weighted by Gasteiger charge is -2.27. The first-order valence-corrected chi connectivity index (χ1v) is 13.1. The Hall–Kier alpha value is -2.18. The Morgan fingerprint density at radius 2 is 1.74 bits per heavy atom. The van der Waals surface area contributed by atoms with Gasteiger partial charge in [-0.3, -0.25) is 4.79 Å². The van der Waals surface area contributed by atoms with Crippen LogP contribution in [0.15, 0.2) is 42.6 Å². The number of benzene rings is 1. The van der Waals surface area contributed by atoms with Gasteiger partial charge in [-0.25, -0.2) is 4.98 Å². The summed E-state index contributed by atoms with van der Waals surface area (Å²) in [6.07, 6.45) is 2.25. The highest BCUT2D eigenvalue weighted by atomic mass is 28.3. The minimum Gasteiger partial charge on any atom is -0.378 e. The average Bonchev–Trinajstić information content (AvgIpc) is 2.67. The topological polar surface area (TPSA) is 54.5 Å². The second-order valence-corrected chi connectivity index (χ2v) is 13.1. The zero-order valence-electron chi connectivity index (χ0n) is 16.5. The van der Waals surface area contributed by atoms with Gasteiger partial charge in [0.2, 0.25) is 5.91 Å². The van der Waals surface area contributed by atoms with E-state index in [0.29, 0.717) is 13.0 Å². The van der Waals surface area contributed by atoms with E-state index in [2.05, 4.69) is 59.1 Å². The van der Waals surface area contributed by atoms with E-state index >= 15 is 0 Å². The van der Waals surface area contributed by atoms with E-state index < -0.39 is 8.07 Å². The number of ether oxygens (including phenoxy) is 1. The van der Waals surface area contributed by atoms with Crippen molar-refractivity contribution in [3.63, 3.8) is 0 Å². The second-order valence-electron chi connectivity index (χ2n) is 8.02. The maximum atomic E-state index is 12.2. The molecule has 0 aliphatic carbocycles. The standard InChI is InChI=1S/C21H29N3O2Si/c1-27(2,3)19-7-4-17(5-8-19)14-21(25)23-16-18-6-9-20(22-15-18)24-10-12-26-13-11-24/h4-9,15H,10-14,16H2,1-3H3,(H,23,25). The van der Waals surface area contributed by atoms with Crippen molar-refractivity contribution in [2.45, 2.75) is 32.6 Å². The number of amides is 1. The van der Waals surface area contributed by atoms with Crippen LogP contribution in [-0.4, -0.2) is 45.3 Å². The van der Waals surface area contributed by atoms with Crippen molar-refractivity contribution in [3.05, 3.63) is 53.7 Å². The lowest BCUT2D eigenvalue weighted by molar-refractivity contribution is -0.120. The summed E-state index contributed by atoms with van der Waals surface area (Å²) in [5.74, 6) is 1.00. The summed E-state index contributed by atoms with van der Waals surface area (Å²) in [4.78, 5) is 19.0. The van der Waals surface area contributed by atoms with Crippen molar-refractivity contribution in [2.75, 3.05) is 31.2 Å². The number of carbonyl (C=O) groups excluding carboxylic acids is 1. The van der Waals surface area contributed by atoms with Crippen LogP contribution >= 0.6 is 0 Å². The fraction of sp³-hybridized carbons (Fsp3) is 0.429. The van der Waals surface area contributed by atoms with Crippen LogP contribution in [0.5, 0.6) is 0 Å². The molecular weight excluding hydrogens is 354 g/mol. The lowest BCUT2D eigenvalue weighted by atomic mass is 10.1. The minimum atomic E-state index is -1.29. The molecule has 5 nitrogen and oxygen atoms in total. The van der Waals surface area contributed by atoms with Crippen molar-refractivity contribution in [1.82, 2.24) is 10.3 Å². The SMILES string of the molecule is C[Si](C)(C)c1ccc(CC(=O)NCc2ccc(N3CCOCC3)nc2)cc1. The average molecular weight is 384 g/mol. The van der Waals surface area contributed by atoms with Crippen LogP contribution in [0.3, 0.4) is 0 Å². The zero-order chi connectivity index (χ0) is 19.3. The molecule has 1 fully saturated rings. The predicted octanol–water partition coefficient (Wildman–Crippen LogP) is 2.32. The van der Waals surface area contributed by atoms with Crippen molar-refractivity contribution < 1.29 is 9.53 Å². The number of hydrogen-bond acceptors (Lipinski definition) is 4. The normalized spacial score (nSPS) is 14.9. The molecule has 1 N–H and O–H groups in total. The highest BCUT2D eigenvalue weighted by Gasteiger charge is 2.16. The third kappa shape index (κ3) is 5.64. The summed E-state index contributed by atoms with van der Waals surface area (Å²) in [5.41, 5.74) is 2.06. The second kappa shape index (κ2) is 8.67. The molecule has 1 aromatic heterocycles. The summed E-state index contributed by atoms with van der Waals surface area (Å²) in [6.45, 7) is 10.7. The van der Waals surface area contributed by atoms with Crippen LogP contribution in [0, 0.1) is 0 Å². The third-order valence-electron chi connectivity index (χ3n) is 4.82. The van der Waals surface area contributed by atoms with E-state index in [1.54, 1.807) is 0 Å². The van der Waals surface area contributed by atoms with Crippen molar-refractivity contribution >= 4 is 25.0 Å².